The fraction of sp³-hybridized carbons (Fsp3) is 0.444. The first-order valence-corrected chi connectivity index (χ1v) is 8.43. The molecule has 2 aliphatic rings. The molecule has 2 aromatic rings. The second-order valence-electron chi connectivity index (χ2n) is 6.39. The van der Waals surface area contributed by atoms with Crippen LogP contribution in [0.25, 0.3) is 0 Å². The number of nitrogens with zero attached hydrogens (tertiary/aromatic N) is 5. The standard InChI is InChI=1S/C18H23N5/c1-21-11-13-22(14-12-21)17-8-9-19-18(20-17)23-10-4-6-15-5-2-3-7-16(15)23/h2-3,5,7-9H,4,6,10-14H2,1H3. The maximum atomic E-state index is 4.87. The second kappa shape index (κ2) is 6.16. The summed E-state index contributed by atoms with van der Waals surface area (Å²) in [5.74, 6) is 1.87. The van der Waals surface area contributed by atoms with E-state index >= 15 is 0 Å². The Morgan fingerprint density at radius 3 is 2.65 bits per heavy atom. The molecule has 0 saturated carbocycles. The lowest BCUT2D eigenvalue weighted by Crippen LogP contribution is -2.45. The molecule has 4 rings (SSSR count). The van der Waals surface area contributed by atoms with Gasteiger partial charge in [-0.1, -0.05) is 18.2 Å². The van der Waals surface area contributed by atoms with E-state index in [1.807, 2.05) is 12.3 Å². The Kier molecular flexibility index (Phi) is 3.87. The number of hydrogen-bond acceptors (Lipinski definition) is 5. The third-order valence-electron chi connectivity index (χ3n) is 4.81. The molecule has 0 bridgehead atoms. The summed E-state index contributed by atoms with van der Waals surface area (Å²) in [6.07, 6.45) is 4.19. The van der Waals surface area contributed by atoms with E-state index in [-0.39, 0.29) is 0 Å². The van der Waals surface area contributed by atoms with Crippen molar-refractivity contribution < 1.29 is 0 Å². The van der Waals surface area contributed by atoms with Crippen LogP contribution in [0.4, 0.5) is 17.5 Å². The number of fused-ring (bicyclic) bond motifs is 1. The minimum atomic E-state index is 0.827. The summed E-state index contributed by atoms with van der Waals surface area (Å²) < 4.78 is 0. The predicted molar refractivity (Wildman–Crippen MR) is 93.5 cm³/mol. The number of benzene rings is 1. The highest BCUT2D eigenvalue weighted by atomic mass is 15.3. The van der Waals surface area contributed by atoms with E-state index in [0.29, 0.717) is 0 Å². The number of anilines is 3. The van der Waals surface area contributed by atoms with Crippen LogP contribution in [0.15, 0.2) is 36.5 Å². The van der Waals surface area contributed by atoms with E-state index in [1.54, 1.807) is 0 Å². The van der Waals surface area contributed by atoms with Gasteiger partial charge in [-0.2, -0.15) is 4.98 Å². The van der Waals surface area contributed by atoms with Crippen LogP contribution in [0.2, 0.25) is 0 Å². The first-order chi connectivity index (χ1) is 11.3. The van der Waals surface area contributed by atoms with Crippen LogP contribution in [0, 0.1) is 0 Å². The highest BCUT2D eigenvalue weighted by Crippen LogP contribution is 2.31. The van der Waals surface area contributed by atoms with Crippen molar-refractivity contribution in [3.63, 3.8) is 0 Å². The molecular formula is C18H23N5. The van der Waals surface area contributed by atoms with E-state index in [9.17, 15) is 0 Å². The average Bonchev–Trinajstić information content (AvgIpc) is 2.62. The first kappa shape index (κ1) is 14.5. The van der Waals surface area contributed by atoms with E-state index in [1.165, 1.54) is 11.3 Å². The zero-order chi connectivity index (χ0) is 15.6. The van der Waals surface area contributed by atoms with Crippen molar-refractivity contribution in [1.82, 2.24) is 14.9 Å². The van der Waals surface area contributed by atoms with Crippen molar-refractivity contribution in [3.8, 4) is 0 Å². The number of piperazine rings is 1. The molecular weight excluding hydrogens is 286 g/mol. The highest BCUT2D eigenvalue weighted by Gasteiger charge is 2.21. The fourth-order valence-corrected chi connectivity index (χ4v) is 3.42. The maximum Gasteiger partial charge on any atom is 0.231 e. The Hall–Kier alpha value is -2.14. The third-order valence-corrected chi connectivity index (χ3v) is 4.81. The zero-order valence-corrected chi connectivity index (χ0v) is 13.6. The molecule has 5 heteroatoms. The normalized spacial score (nSPS) is 18.8. The average molecular weight is 309 g/mol. The molecule has 2 aliphatic heterocycles. The van der Waals surface area contributed by atoms with Gasteiger partial charge in [0.05, 0.1) is 0 Å². The molecule has 0 atom stereocenters. The van der Waals surface area contributed by atoms with Gasteiger partial charge in [0.2, 0.25) is 5.95 Å². The number of aryl methyl sites for hydroxylation is 1. The van der Waals surface area contributed by atoms with E-state index < -0.39 is 0 Å². The maximum absolute atomic E-state index is 4.87. The molecule has 1 fully saturated rings. The van der Waals surface area contributed by atoms with Gasteiger partial charge in [0, 0.05) is 44.6 Å². The molecule has 3 heterocycles. The van der Waals surface area contributed by atoms with Crippen LogP contribution >= 0.6 is 0 Å². The van der Waals surface area contributed by atoms with Gasteiger partial charge in [0.25, 0.3) is 0 Å². The largest absolute Gasteiger partial charge is 0.354 e. The quantitative estimate of drug-likeness (QED) is 0.851. The van der Waals surface area contributed by atoms with E-state index in [2.05, 4.69) is 51.0 Å². The molecule has 0 N–H and O–H groups in total. The van der Waals surface area contributed by atoms with Gasteiger partial charge in [-0.15, -0.1) is 0 Å². The topological polar surface area (TPSA) is 35.5 Å². The van der Waals surface area contributed by atoms with Gasteiger partial charge < -0.3 is 14.7 Å². The van der Waals surface area contributed by atoms with E-state index in [4.69, 9.17) is 4.98 Å². The van der Waals surface area contributed by atoms with Crippen LogP contribution < -0.4 is 9.80 Å². The Bertz CT molecular complexity index is 679. The van der Waals surface area contributed by atoms with Gasteiger partial charge >= 0.3 is 0 Å². The third kappa shape index (κ3) is 2.88. The lowest BCUT2D eigenvalue weighted by molar-refractivity contribution is 0.312. The summed E-state index contributed by atoms with van der Waals surface area (Å²) in [5.41, 5.74) is 2.65. The molecule has 1 aromatic carbocycles. The summed E-state index contributed by atoms with van der Waals surface area (Å²) in [7, 11) is 2.17. The number of likely N-dealkylation sites (N-methyl/N-ethyl adjacent to an activating group) is 1. The molecule has 23 heavy (non-hydrogen) atoms. The van der Waals surface area contributed by atoms with Crippen molar-refractivity contribution in [2.75, 3.05) is 49.6 Å². The van der Waals surface area contributed by atoms with Crippen molar-refractivity contribution in [3.05, 3.63) is 42.1 Å². The molecule has 120 valence electrons. The first-order valence-electron chi connectivity index (χ1n) is 8.43. The Morgan fingerprint density at radius 2 is 1.78 bits per heavy atom. The molecule has 1 saturated heterocycles. The smallest absolute Gasteiger partial charge is 0.231 e. The molecule has 0 radical (unpaired) electrons. The minimum Gasteiger partial charge on any atom is -0.354 e. The van der Waals surface area contributed by atoms with Crippen LogP contribution in [-0.2, 0) is 6.42 Å². The van der Waals surface area contributed by atoms with Crippen molar-refractivity contribution >= 4 is 17.5 Å². The monoisotopic (exact) mass is 309 g/mol. The predicted octanol–water partition coefficient (Wildman–Crippen LogP) is 2.31. The number of para-hydroxylation sites is 1. The lowest BCUT2D eigenvalue weighted by Gasteiger charge is -2.34. The van der Waals surface area contributed by atoms with Gasteiger partial charge in [-0.05, 0) is 37.6 Å². The Labute approximate surface area is 137 Å². The Balaban J connectivity index is 1.62. The SMILES string of the molecule is CN1CCN(c2ccnc(N3CCCc4ccccc43)n2)CC1. The molecule has 0 amide bonds. The highest BCUT2D eigenvalue weighted by molar-refractivity contribution is 5.64. The molecule has 1 aromatic heterocycles. The van der Waals surface area contributed by atoms with Crippen molar-refractivity contribution in [2.24, 2.45) is 0 Å². The van der Waals surface area contributed by atoms with Crippen molar-refractivity contribution in [2.45, 2.75) is 12.8 Å². The molecule has 5 nitrogen and oxygen atoms in total. The van der Waals surface area contributed by atoms with Gasteiger partial charge in [0.15, 0.2) is 0 Å². The van der Waals surface area contributed by atoms with Gasteiger partial charge in [-0.25, -0.2) is 4.98 Å². The Morgan fingerprint density at radius 1 is 0.957 bits per heavy atom. The van der Waals surface area contributed by atoms with Crippen LogP contribution in [0.3, 0.4) is 0 Å². The zero-order valence-electron chi connectivity index (χ0n) is 13.6. The summed E-state index contributed by atoms with van der Waals surface area (Å²) in [5, 5.41) is 0. The number of rotatable bonds is 2. The second-order valence-corrected chi connectivity index (χ2v) is 6.39. The molecule has 0 aliphatic carbocycles. The number of aromatic nitrogens is 2. The van der Waals surface area contributed by atoms with Crippen LogP contribution in [0.5, 0.6) is 0 Å². The minimum absolute atomic E-state index is 0.827. The summed E-state index contributed by atoms with van der Waals surface area (Å²) >= 11 is 0. The summed E-state index contributed by atoms with van der Waals surface area (Å²) in [4.78, 5) is 16.4. The number of hydrogen-bond donors (Lipinski definition) is 0. The van der Waals surface area contributed by atoms with Crippen LogP contribution in [0.1, 0.15) is 12.0 Å². The van der Waals surface area contributed by atoms with Gasteiger partial charge in [-0.3, -0.25) is 0 Å². The fourth-order valence-electron chi connectivity index (χ4n) is 3.42. The van der Waals surface area contributed by atoms with Crippen LogP contribution in [-0.4, -0.2) is 54.6 Å². The molecule has 0 spiro atoms. The lowest BCUT2D eigenvalue weighted by atomic mass is 10.0. The van der Waals surface area contributed by atoms with E-state index in [0.717, 1.165) is 57.3 Å². The van der Waals surface area contributed by atoms with Crippen molar-refractivity contribution in [1.29, 1.82) is 0 Å². The summed E-state index contributed by atoms with van der Waals surface area (Å²) in [6, 6.07) is 10.6. The van der Waals surface area contributed by atoms with Gasteiger partial charge in [0.1, 0.15) is 5.82 Å². The molecule has 0 unspecified atom stereocenters. The summed E-state index contributed by atoms with van der Waals surface area (Å²) in [6.45, 7) is 5.23.